The zero-order valence-electron chi connectivity index (χ0n) is 14.6. The highest BCUT2D eigenvalue weighted by Crippen LogP contribution is 2.29. The molecule has 0 saturated carbocycles. The van der Waals surface area contributed by atoms with Gasteiger partial charge >= 0.3 is 0 Å². The molecule has 0 bridgehead atoms. The maximum absolute atomic E-state index is 12.5. The predicted octanol–water partition coefficient (Wildman–Crippen LogP) is 3.81. The summed E-state index contributed by atoms with van der Waals surface area (Å²) in [5.74, 6) is -0.314. The Morgan fingerprint density at radius 2 is 2.08 bits per heavy atom. The van der Waals surface area contributed by atoms with Crippen molar-refractivity contribution in [3.05, 3.63) is 46.5 Å². The molecule has 0 aromatic heterocycles. The van der Waals surface area contributed by atoms with Crippen LogP contribution < -0.4 is 5.32 Å². The van der Waals surface area contributed by atoms with Crippen LogP contribution in [0.3, 0.4) is 0 Å². The van der Waals surface area contributed by atoms with Crippen LogP contribution in [0.1, 0.15) is 32.3 Å². The van der Waals surface area contributed by atoms with Crippen molar-refractivity contribution in [2.75, 3.05) is 19.6 Å². The maximum Gasteiger partial charge on any atom is 0.245 e. The topological polar surface area (TPSA) is 49.4 Å². The van der Waals surface area contributed by atoms with Gasteiger partial charge < -0.3 is 10.2 Å². The van der Waals surface area contributed by atoms with E-state index in [1.807, 2.05) is 26.0 Å². The van der Waals surface area contributed by atoms with Crippen LogP contribution >= 0.6 is 23.2 Å². The molecule has 25 heavy (non-hydrogen) atoms. The molecular weight excluding hydrogens is 359 g/mol. The Morgan fingerprint density at radius 1 is 1.36 bits per heavy atom. The monoisotopic (exact) mass is 382 g/mol. The van der Waals surface area contributed by atoms with Crippen molar-refractivity contribution in [3.63, 3.8) is 0 Å². The number of carbonyl (C=O) groups is 2. The summed E-state index contributed by atoms with van der Waals surface area (Å²) >= 11 is 12.1. The van der Waals surface area contributed by atoms with Crippen LogP contribution in [0.2, 0.25) is 10.0 Å². The van der Waals surface area contributed by atoms with Crippen LogP contribution in [0.5, 0.6) is 0 Å². The molecule has 1 N–H and O–H groups in total. The summed E-state index contributed by atoms with van der Waals surface area (Å²) in [5, 5.41) is 4.04. The molecule has 1 saturated heterocycles. The molecule has 136 valence electrons. The van der Waals surface area contributed by atoms with Gasteiger partial charge in [-0.1, -0.05) is 49.7 Å². The maximum atomic E-state index is 12.5. The Kier molecular flexibility index (Phi) is 6.53. The molecule has 2 rings (SSSR count). The van der Waals surface area contributed by atoms with Crippen molar-refractivity contribution in [2.24, 2.45) is 5.92 Å². The quantitative estimate of drug-likeness (QED) is 0.786. The summed E-state index contributed by atoms with van der Waals surface area (Å²) < 4.78 is 0. The van der Waals surface area contributed by atoms with Gasteiger partial charge in [-0.3, -0.25) is 9.59 Å². The molecule has 1 aromatic rings. The number of benzene rings is 1. The first-order valence-corrected chi connectivity index (χ1v) is 9.15. The van der Waals surface area contributed by atoms with E-state index in [0.717, 1.165) is 18.4 Å². The zero-order valence-corrected chi connectivity index (χ0v) is 16.2. The smallest absolute Gasteiger partial charge is 0.245 e. The fourth-order valence-electron chi connectivity index (χ4n) is 2.99. The Bertz CT molecular complexity index is 673. The highest BCUT2D eigenvalue weighted by molar-refractivity contribution is 6.42. The van der Waals surface area contributed by atoms with E-state index < -0.39 is 0 Å². The third kappa shape index (κ3) is 4.99. The molecular formula is C19H24Cl2N2O2. The van der Waals surface area contributed by atoms with Crippen molar-refractivity contribution in [3.8, 4) is 0 Å². The molecule has 1 atom stereocenters. The van der Waals surface area contributed by atoms with Gasteiger partial charge in [0.1, 0.15) is 0 Å². The van der Waals surface area contributed by atoms with Gasteiger partial charge in [-0.2, -0.15) is 0 Å². The summed E-state index contributed by atoms with van der Waals surface area (Å²) in [5.41, 5.74) is 0.726. The molecule has 1 aliphatic rings. The number of hydrogen-bond acceptors (Lipinski definition) is 2. The molecule has 2 amide bonds. The van der Waals surface area contributed by atoms with Crippen molar-refractivity contribution >= 4 is 35.0 Å². The Balaban J connectivity index is 1.97. The van der Waals surface area contributed by atoms with E-state index >= 15 is 0 Å². The molecule has 1 aliphatic heterocycles. The van der Waals surface area contributed by atoms with Gasteiger partial charge in [0.15, 0.2) is 0 Å². The number of piperidine rings is 1. The molecule has 1 aromatic carbocycles. The number of likely N-dealkylation sites (tertiary alicyclic amines) is 1. The van der Waals surface area contributed by atoms with Crippen LogP contribution in [0.15, 0.2) is 30.9 Å². The Hall–Kier alpha value is -1.52. The van der Waals surface area contributed by atoms with Crippen LogP contribution in [0.25, 0.3) is 0 Å². The van der Waals surface area contributed by atoms with Crippen molar-refractivity contribution < 1.29 is 9.59 Å². The lowest BCUT2D eigenvalue weighted by molar-refractivity contribution is -0.132. The molecule has 0 aliphatic carbocycles. The first kappa shape index (κ1) is 19.8. The highest BCUT2D eigenvalue weighted by atomic mass is 35.5. The average Bonchev–Trinajstić information content (AvgIpc) is 2.61. The second-order valence-electron chi connectivity index (χ2n) is 7.06. The SMILES string of the molecule is C=CC(=O)N1CCCC(C(=O)NCC(C)(C)c2ccc(Cl)c(Cl)c2)C1. The largest absolute Gasteiger partial charge is 0.355 e. The number of halogens is 2. The number of nitrogens with one attached hydrogen (secondary N) is 1. The second-order valence-corrected chi connectivity index (χ2v) is 7.87. The molecule has 1 unspecified atom stereocenters. The van der Waals surface area contributed by atoms with Gasteiger partial charge in [0, 0.05) is 25.0 Å². The van der Waals surface area contributed by atoms with Gasteiger partial charge in [-0.15, -0.1) is 0 Å². The van der Waals surface area contributed by atoms with Crippen LogP contribution in [-0.4, -0.2) is 36.3 Å². The number of hydrogen-bond donors (Lipinski definition) is 1. The van der Waals surface area contributed by atoms with E-state index in [1.165, 1.54) is 6.08 Å². The zero-order chi connectivity index (χ0) is 18.6. The summed E-state index contributed by atoms with van der Waals surface area (Å²) in [6.45, 7) is 9.21. The van der Waals surface area contributed by atoms with E-state index in [0.29, 0.717) is 29.7 Å². The number of nitrogens with zero attached hydrogens (tertiary/aromatic N) is 1. The second kappa shape index (κ2) is 8.24. The molecule has 1 heterocycles. The summed E-state index contributed by atoms with van der Waals surface area (Å²) in [4.78, 5) is 26.0. The summed E-state index contributed by atoms with van der Waals surface area (Å²) in [7, 11) is 0. The van der Waals surface area contributed by atoms with E-state index in [4.69, 9.17) is 23.2 Å². The summed E-state index contributed by atoms with van der Waals surface area (Å²) in [6.07, 6.45) is 2.92. The van der Waals surface area contributed by atoms with Crippen molar-refractivity contribution in [2.45, 2.75) is 32.1 Å². The first-order chi connectivity index (χ1) is 11.7. The number of amides is 2. The van der Waals surface area contributed by atoms with E-state index in [1.54, 1.807) is 11.0 Å². The average molecular weight is 383 g/mol. The minimum Gasteiger partial charge on any atom is -0.355 e. The molecule has 0 spiro atoms. The van der Waals surface area contributed by atoms with Crippen LogP contribution in [-0.2, 0) is 15.0 Å². The molecule has 1 fully saturated rings. The fourth-order valence-corrected chi connectivity index (χ4v) is 3.29. The molecule has 4 nitrogen and oxygen atoms in total. The van der Waals surface area contributed by atoms with E-state index in [9.17, 15) is 9.59 Å². The van der Waals surface area contributed by atoms with Crippen molar-refractivity contribution in [1.82, 2.24) is 10.2 Å². The van der Waals surface area contributed by atoms with Gasteiger partial charge in [0.2, 0.25) is 11.8 Å². The lowest BCUT2D eigenvalue weighted by Crippen LogP contribution is -2.47. The number of carbonyl (C=O) groups excluding carboxylic acids is 2. The molecule has 6 heteroatoms. The van der Waals surface area contributed by atoms with Gasteiger partial charge in [-0.05, 0) is 36.6 Å². The standard InChI is InChI=1S/C19H24Cl2N2O2/c1-4-17(24)23-9-5-6-13(11-23)18(25)22-12-19(2,3)14-7-8-15(20)16(21)10-14/h4,7-8,10,13H,1,5-6,9,11-12H2,2-3H3,(H,22,25). The van der Waals surface area contributed by atoms with E-state index in [-0.39, 0.29) is 23.1 Å². The first-order valence-electron chi connectivity index (χ1n) is 8.39. The summed E-state index contributed by atoms with van der Waals surface area (Å²) in [6, 6.07) is 5.52. The van der Waals surface area contributed by atoms with E-state index in [2.05, 4.69) is 11.9 Å². The molecule has 0 radical (unpaired) electrons. The van der Waals surface area contributed by atoms with Crippen LogP contribution in [0, 0.1) is 5.92 Å². The lowest BCUT2D eigenvalue weighted by atomic mass is 9.84. The van der Waals surface area contributed by atoms with Crippen molar-refractivity contribution in [1.29, 1.82) is 0 Å². The number of rotatable bonds is 5. The van der Waals surface area contributed by atoms with Crippen LogP contribution in [0.4, 0.5) is 0 Å². The highest BCUT2D eigenvalue weighted by Gasteiger charge is 2.29. The minimum absolute atomic E-state index is 0.0188. The van der Waals surface area contributed by atoms with Gasteiger partial charge in [0.05, 0.1) is 16.0 Å². The Labute approximate surface area is 159 Å². The minimum atomic E-state index is -0.283. The predicted molar refractivity (Wildman–Crippen MR) is 102 cm³/mol. The third-order valence-corrected chi connectivity index (χ3v) is 5.42. The van der Waals surface area contributed by atoms with Gasteiger partial charge in [0.25, 0.3) is 0 Å². The van der Waals surface area contributed by atoms with Gasteiger partial charge in [-0.25, -0.2) is 0 Å². The third-order valence-electron chi connectivity index (χ3n) is 4.68. The lowest BCUT2D eigenvalue weighted by Gasteiger charge is -2.32. The fraction of sp³-hybridized carbons (Fsp3) is 0.474. The Morgan fingerprint density at radius 3 is 2.72 bits per heavy atom. The normalized spacial score (nSPS) is 17.9.